The van der Waals surface area contributed by atoms with Gasteiger partial charge in [0.1, 0.15) is 0 Å². The summed E-state index contributed by atoms with van der Waals surface area (Å²) in [7, 11) is 1.98. The molecule has 1 N–H and O–H groups in total. The number of likely N-dealkylation sites (N-methyl/N-ethyl adjacent to an activating group) is 1. The summed E-state index contributed by atoms with van der Waals surface area (Å²) >= 11 is 11.9. The molecular formula is C20H24Cl2F5N3O. The van der Waals surface area contributed by atoms with E-state index in [0.29, 0.717) is 25.2 Å². The third-order valence-corrected chi connectivity index (χ3v) is 6.86. The smallest absolute Gasteiger partial charge is 0.350 e. The minimum absolute atomic E-state index is 0.0826. The van der Waals surface area contributed by atoms with Gasteiger partial charge >= 0.3 is 6.18 Å². The van der Waals surface area contributed by atoms with Gasteiger partial charge in [-0.05, 0) is 32.0 Å². The zero-order chi connectivity index (χ0) is 23.0. The average molecular weight is 488 g/mol. The van der Waals surface area contributed by atoms with Crippen molar-refractivity contribution in [2.45, 2.75) is 43.3 Å². The van der Waals surface area contributed by atoms with Crippen LogP contribution in [0.5, 0.6) is 0 Å². The van der Waals surface area contributed by atoms with Crippen molar-refractivity contribution in [1.82, 2.24) is 15.1 Å². The summed E-state index contributed by atoms with van der Waals surface area (Å²) in [4.78, 5) is 17.0. The van der Waals surface area contributed by atoms with Crippen LogP contribution in [0.25, 0.3) is 0 Å². The predicted molar refractivity (Wildman–Crippen MR) is 109 cm³/mol. The van der Waals surface area contributed by atoms with Crippen LogP contribution in [0.4, 0.5) is 22.0 Å². The molecule has 4 nitrogen and oxygen atoms in total. The molecule has 1 amide bonds. The number of piperazine rings is 1. The Morgan fingerprint density at radius 3 is 2.03 bits per heavy atom. The van der Waals surface area contributed by atoms with Gasteiger partial charge in [-0.15, -0.1) is 0 Å². The predicted octanol–water partition coefficient (Wildman–Crippen LogP) is 4.94. The highest BCUT2D eigenvalue weighted by Crippen LogP contribution is 2.42. The van der Waals surface area contributed by atoms with Gasteiger partial charge in [-0.2, -0.15) is 13.2 Å². The maximum absolute atomic E-state index is 13.8. The molecule has 0 bridgehead atoms. The maximum Gasteiger partial charge on any atom is 0.416 e. The molecule has 11 heteroatoms. The van der Waals surface area contributed by atoms with Crippen molar-refractivity contribution < 1.29 is 26.7 Å². The zero-order valence-electron chi connectivity index (χ0n) is 17.0. The topological polar surface area (TPSA) is 35.6 Å². The largest absolute Gasteiger partial charge is 0.416 e. The Morgan fingerprint density at radius 2 is 1.55 bits per heavy atom. The van der Waals surface area contributed by atoms with Crippen LogP contribution in [0.2, 0.25) is 10.0 Å². The van der Waals surface area contributed by atoms with E-state index in [1.807, 2.05) is 7.05 Å². The summed E-state index contributed by atoms with van der Waals surface area (Å²) in [5.74, 6) is -3.46. The van der Waals surface area contributed by atoms with E-state index in [9.17, 15) is 26.7 Å². The maximum atomic E-state index is 13.8. The van der Waals surface area contributed by atoms with E-state index in [2.05, 4.69) is 15.1 Å². The number of rotatable bonds is 4. The number of alkyl halides is 5. The van der Waals surface area contributed by atoms with E-state index in [1.54, 1.807) is 0 Å². The van der Waals surface area contributed by atoms with Gasteiger partial charge < -0.3 is 10.2 Å². The fourth-order valence-corrected chi connectivity index (χ4v) is 4.91. The fourth-order valence-electron chi connectivity index (χ4n) is 4.25. The summed E-state index contributed by atoms with van der Waals surface area (Å²) in [6.07, 6.45) is -4.80. The third kappa shape index (κ3) is 5.61. The zero-order valence-corrected chi connectivity index (χ0v) is 18.5. The highest BCUT2D eigenvalue weighted by atomic mass is 35.5. The molecule has 31 heavy (non-hydrogen) atoms. The van der Waals surface area contributed by atoms with Crippen molar-refractivity contribution in [3.05, 3.63) is 33.3 Å². The molecule has 1 aliphatic carbocycles. The van der Waals surface area contributed by atoms with E-state index in [0.717, 1.165) is 13.1 Å². The van der Waals surface area contributed by atoms with Gasteiger partial charge in [0.15, 0.2) is 0 Å². The molecule has 0 atom stereocenters. The normalized spacial score (nSPS) is 22.3. The van der Waals surface area contributed by atoms with Crippen molar-refractivity contribution in [2.24, 2.45) is 0 Å². The molecule has 1 saturated carbocycles. The minimum atomic E-state index is -4.65. The van der Waals surface area contributed by atoms with Crippen molar-refractivity contribution >= 4 is 29.1 Å². The van der Waals surface area contributed by atoms with Crippen molar-refractivity contribution in [1.29, 1.82) is 0 Å². The SMILES string of the molecule is CN1CCN(C2(CNC(=O)c3c(Cl)cc(C(F)(F)F)cc3Cl)CCC(F)(F)CC2)CC1. The first-order valence-corrected chi connectivity index (χ1v) is 10.7. The lowest BCUT2D eigenvalue weighted by Gasteiger charge is -2.50. The molecule has 2 aliphatic rings. The molecule has 1 heterocycles. The Hall–Kier alpha value is -1.16. The summed E-state index contributed by atoms with van der Waals surface area (Å²) in [6, 6.07) is 1.31. The number of halogens is 7. The Bertz CT molecular complexity index is 793. The first-order chi connectivity index (χ1) is 14.3. The number of amides is 1. The van der Waals surface area contributed by atoms with Crippen LogP contribution in [0, 0.1) is 0 Å². The van der Waals surface area contributed by atoms with Gasteiger partial charge in [-0.25, -0.2) is 8.78 Å². The first kappa shape index (κ1) is 24.5. The molecular weight excluding hydrogens is 464 g/mol. The number of nitrogens with one attached hydrogen (secondary N) is 1. The van der Waals surface area contributed by atoms with E-state index < -0.39 is 39.2 Å². The Morgan fingerprint density at radius 1 is 1.03 bits per heavy atom. The van der Waals surface area contributed by atoms with Crippen LogP contribution in [0.15, 0.2) is 12.1 Å². The summed E-state index contributed by atoms with van der Waals surface area (Å²) in [6.45, 7) is 3.00. The standard InChI is InChI=1S/C20H24Cl2F5N3O/c1-29-6-8-30(9-7-29)18(2-4-19(23,24)5-3-18)12-28-17(31)16-14(21)10-13(11-15(16)22)20(25,26)27/h10-11H,2-9,12H2,1H3,(H,28,31). The highest BCUT2D eigenvalue weighted by molar-refractivity contribution is 6.39. The number of hydrogen-bond acceptors (Lipinski definition) is 3. The van der Waals surface area contributed by atoms with E-state index in [1.165, 1.54) is 0 Å². The molecule has 0 radical (unpaired) electrons. The van der Waals surface area contributed by atoms with Crippen LogP contribution in [-0.2, 0) is 6.18 Å². The monoisotopic (exact) mass is 487 g/mol. The van der Waals surface area contributed by atoms with Gasteiger partial charge in [-0.3, -0.25) is 9.69 Å². The Kier molecular flexibility index (Phi) is 7.11. The quantitative estimate of drug-likeness (QED) is 0.611. The molecule has 1 aromatic rings. The summed E-state index contributed by atoms with van der Waals surface area (Å²) < 4.78 is 66.5. The lowest BCUT2D eigenvalue weighted by atomic mass is 9.78. The lowest BCUT2D eigenvalue weighted by Crippen LogP contribution is -2.62. The van der Waals surface area contributed by atoms with Crippen molar-refractivity contribution in [3.63, 3.8) is 0 Å². The van der Waals surface area contributed by atoms with E-state index in [-0.39, 0.29) is 37.8 Å². The Labute approximate surface area is 187 Å². The highest BCUT2D eigenvalue weighted by Gasteiger charge is 2.47. The third-order valence-electron chi connectivity index (χ3n) is 6.26. The van der Waals surface area contributed by atoms with Crippen LogP contribution in [0.3, 0.4) is 0 Å². The van der Waals surface area contributed by atoms with Gasteiger partial charge in [0, 0.05) is 51.1 Å². The molecule has 1 saturated heterocycles. The lowest BCUT2D eigenvalue weighted by molar-refractivity contribution is -0.137. The summed E-state index contributed by atoms with van der Waals surface area (Å²) in [5, 5.41) is 1.86. The molecule has 1 aliphatic heterocycles. The molecule has 0 spiro atoms. The van der Waals surface area contributed by atoms with Crippen LogP contribution in [-0.4, -0.2) is 66.9 Å². The van der Waals surface area contributed by atoms with Crippen molar-refractivity contribution in [3.8, 4) is 0 Å². The molecule has 0 unspecified atom stereocenters. The van der Waals surface area contributed by atoms with E-state index >= 15 is 0 Å². The molecule has 1 aromatic carbocycles. The fraction of sp³-hybridized carbons (Fsp3) is 0.650. The van der Waals surface area contributed by atoms with Crippen LogP contribution < -0.4 is 5.32 Å². The second-order valence-electron chi connectivity index (χ2n) is 8.37. The number of carbonyl (C=O) groups excluding carboxylic acids is 1. The van der Waals surface area contributed by atoms with E-state index in [4.69, 9.17) is 23.2 Å². The minimum Gasteiger partial charge on any atom is -0.350 e. The second kappa shape index (κ2) is 9.00. The van der Waals surface area contributed by atoms with Gasteiger partial charge in [0.25, 0.3) is 5.91 Å². The number of nitrogens with zero attached hydrogens (tertiary/aromatic N) is 2. The average Bonchev–Trinajstić information content (AvgIpc) is 2.67. The van der Waals surface area contributed by atoms with Crippen LogP contribution in [0.1, 0.15) is 41.6 Å². The van der Waals surface area contributed by atoms with Crippen LogP contribution >= 0.6 is 23.2 Å². The van der Waals surface area contributed by atoms with Gasteiger partial charge in [-0.1, -0.05) is 23.2 Å². The summed E-state index contributed by atoms with van der Waals surface area (Å²) in [5.41, 5.74) is -1.96. The Balaban J connectivity index is 1.78. The number of benzene rings is 1. The molecule has 174 valence electrons. The molecule has 0 aromatic heterocycles. The molecule has 3 rings (SSSR count). The number of carbonyl (C=O) groups is 1. The second-order valence-corrected chi connectivity index (χ2v) is 9.18. The van der Waals surface area contributed by atoms with Crippen molar-refractivity contribution in [2.75, 3.05) is 39.8 Å². The van der Waals surface area contributed by atoms with Gasteiger partial charge in [0.05, 0.1) is 21.2 Å². The number of hydrogen-bond donors (Lipinski definition) is 1. The first-order valence-electron chi connectivity index (χ1n) is 9.99. The van der Waals surface area contributed by atoms with Gasteiger partial charge in [0.2, 0.25) is 5.92 Å². The molecule has 2 fully saturated rings.